The standard InChI is InChI=1S/C27H28FN3O4S/c1-29-25(23-9-6-14-36-23)24(17-15-21(34-2)22(35-3)16-18(17)26(29)32)27(33)31-12-10-30(11-13-31)20-8-5-4-7-19(20)28/h4-9,14-16,24-25H,10-13H2,1-3H3/t24-,25+/m1/s1. The number of methoxy groups -OCH3 is 2. The molecule has 1 aromatic heterocycles. The number of hydrogen-bond acceptors (Lipinski definition) is 6. The van der Waals surface area contributed by atoms with Crippen LogP contribution in [0.25, 0.3) is 0 Å². The summed E-state index contributed by atoms with van der Waals surface area (Å²) in [7, 11) is 4.80. The number of thiophene rings is 1. The average molecular weight is 510 g/mol. The second-order valence-corrected chi connectivity index (χ2v) is 9.89. The zero-order chi connectivity index (χ0) is 25.4. The van der Waals surface area contributed by atoms with Gasteiger partial charge in [-0.2, -0.15) is 0 Å². The number of para-hydroxylation sites is 1. The second kappa shape index (κ2) is 9.81. The maximum atomic E-state index is 14.3. The average Bonchev–Trinajstić information content (AvgIpc) is 3.44. The van der Waals surface area contributed by atoms with Crippen LogP contribution in [0.15, 0.2) is 53.9 Å². The number of ether oxygens (including phenoxy) is 2. The number of carbonyl (C=O) groups is 2. The molecule has 188 valence electrons. The fourth-order valence-corrected chi connectivity index (χ4v) is 6.11. The molecule has 36 heavy (non-hydrogen) atoms. The second-order valence-electron chi connectivity index (χ2n) is 8.91. The van der Waals surface area contributed by atoms with Crippen molar-refractivity contribution in [3.63, 3.8) is 0 Å². The van der Waals surface area contributed by atoms with Gasteiger partial charge in [0.2, 0.25) is 5.91 Å². The molecule has 2 aliphatic heterocycles. The predicted molar refractivity (Wildman–Crippen MR) is 137 cm³/mol. The quantitative estimate of drug-likeness (QED) is 0.517. The van der Waals surface area contributed by atoms with E-state index in [0.29, 0.717) is 54.5 Å². The van der Waals surface area contributed by atoms with E-state index < -0.39 is 12.0 Å². The molecule has 1 saturated heterocycles. The van der Waals surface area contributed by atoms with E-state index in [1.165, 1.54) is 31.6 Å². The van der Waals surface area contributed by atoms with E-state index in [0.717, 1.165) is 4.88 Å². The molecule has 2 amide bonds. The third kappa shape index (κ3) is 4.07. The highest BCUT2D eigenvalue weighted by molar-refractivity contribution is 7.10. The first-order chi connectivity index (χ1) is 17.4. The van der Waals surface area contributed by atoms with Gasteiger partial charge in [0.05, 0.1) is 31.9 Å². The summed E-state index contributed by atoms with van der Waals surface area (Å²) in [6.45, 7) is 1.97. The highest BCUT2D eigenvalue weighted by atomic mass is 32.1. The molecule has 0 bridgehead atoms. The Hall–Kier alpha value is -3.59. The van der Waals surface area contributed by atoms with Crippen molar-refractivity contribution in [2.75, 3.05) is 52.3 Å². The molecule has 7 nitrogen and oxygen atoms in total. The Kier molecular flexibility index (Phi) is 6.57. The van der Waals surface area contributed by atoms with Crippen LogP contribution in [0.4, 0.5) is 10.1 Å². The van der Waals surface area contributed by atoms with Gasteiger partial charge in [0.1, 0.15) is 5.82 Å². The Morgan fingerprint density at radius 1 is 1.00 bits per heavy atom. The molecule has 0 N–H and O–H groups in total. The summed E-state index contributed by atoms with van der Waals surface area (Å²) in [4.78, 5) is 34.0. The fraction of sp³-hybridized carbons (Fsp3) is 0.333. The SMILES string of the molecule is COc1cc2c(cc1OC)[C@@H](C(=O)N1CCN(c3ccccc3F)CC1)[C@H](c1cccs1)N(C)C2=O. The lowest BCUT2D eigenvalue weighted by Gasteiger charge is -2.43. The smallest absolute Gasteiger partial charge is 0.254 e. The third-order valence-corrected chi connectivity index (χ3v) is 8.00. The Bertz CT molecular complexity index is 1270. The van der Waals surface area contributed by atoms with E-state index in [1.807, 2.05) is 33.4 Å². The van der Waals surface area contributed by atoms with Crippen LogP contribution in [-0.4, -0.2) is 69.1 Å². The van der Waals surface area contributed by atoms with Crippen molar-refractivity contribution in [1.82, 2.24) is 9.80 Å². The molecule has 0 unspecified atom stereocenters. The summed E-state index contributed by atoms with van der Waals surface area (Å²) in [5.41, 5.74) is 1.62. The van der Waals surface area contributed by atoms with Crippen LogP contribution in [-0.2, 0) is 4.79 Å². The van der Waals surface area contributed by atoms with Gasteiger partial charge < -0.3 is 24.2 Å². The molecule has 1 fully saturated rings. The lowest BCUT2D eigenvalue weighted by Crippen LogP contribution is -2.53. The number of anilines is 1. The van der Waals surface area contributed by atoms with Crippen LogP contribution in [0, 0.1) is 5.82 Å². The van der Waals surface area contributed by atoms with Gasteiger partial charge in [-0.1, -0.05) is 18.2 Å². The van der Waals surface area contributed by atoms with E-state index >= 15 is 0 Å². The van der Waals surface area contributed by atoms with Crippen molar-refractivity contribution < 1.29 is 23.5 Å². The lowest BCUT2D eigenvalue weighted by atomic mass is 9.81. The zero-order valence-electron chi connectivity index (χ0n) is 20.4. The molecule has 9 heteroatoms. The summed E-state index contributed by atoms with van der Waals surface area (Å²) in [5, 5.41) is 1.95. The minimum absolute atomic E-state index is 0.0607. The highest BCUT2D eigenvalue weighted by Gasteiger charge is 2.45. The lowest BCUT2D eigenvalue weighted by molar-refractivity contribution is -0.134. The predicted octanol–water partition coefficient (Wildman–Crippen LogP) is 4.16. The van der Waals surface area contributed by atoms with Gasteiger partial charge in [-0.15, -0.1) is 11.3 Å². The van der Waals surface area contributed by atoms with Crippen molar-refractivity contribution in [3.05, 3.63) is 75.7 Å². The van der Waals surface area contributed by atoms with Gasteiger partial charge in [0, 0.05) is 43.7 Å². The number of amides is 2. The Morgan fingerprint density at radius 2 is 1.69 bits per heavy atom. The molecule has 2 aromatic carbocycles. The van der Waals surface area contributed by atoms with Crippen LogP contribution in [0.3, 0.4) is 0 Å². The molecule has 2 aliphatic rings. The third-order valence-electron chi connectivity index (χ3n) is 7.06. The molecule has 0 spiro atoms. The van der Waals surface area contributed by atoms with E-state index in [9.17, 15) is 14.0 Å². The van der Waals surface area contributed by atoms with E-state index in [2.05, 4.69) is 0 Å². The first kappa shape index (κ1) is 24.1. The van der Waals surface area contributed by atoms with E-state index in [-0.39, 0.29) is 17.6 Å². The number of benzene rings is 2. The number of hydrogen-bond donors (Lipinski definition) is 0. The van der Waals surface area contributed by atoms with Crippen LogP contribution >= 0.6 is 11.3 Å². The van der Waals surface area contributed by atoms with Crippen LogP contribution < -0.4 is 14.4 Å². The number of carbonyl (C=O) groups excluding carboxylic acids is 2. The molecule has 5 rings (SSSR count). The number of fused-ring (bicyclic) bond motifs is 1. The molecule has 0 radical (unpaired) electrons. The molecular weight excluding hydrogens is 481 g/mol. The van der Waals surface area contributed by atoms with Gasteiger partial charge in [-0.05, 0) is 41.3 Å². The highest BCUT2D eigenvalue weighted by Crippen LogP contribution is 2.47. The van der Waals surface area contributed by atoms with Crippen LogP contribution in [0.1, 0.15) is 32.8 Å². The molecule has 0 saturated carbocycles. The van der Waals surface area contributed by atoms with Gasteiger partial charge in [-0.25, -0.2) is 4.39 Å². The summed E-state index contributed by atoms with van der Waals surface area (Å²) in [6, 6.07) is 13.6. The van der Waals surface area contributed by atoms with Crippen molar-refractivity contribution in [2.45, 2.75) is 12.0 Å². The first-order valence-corrected chi connectivity index (χ1v) is 12.7. The molecule has 0 aliphatic carbocycles. The number of likely N-dealkylation sites (N-methyl/N-ethyl adjacent to an activating group) is 1. The Morgan fingerprint density at radius 3 is 2.33 bits per heavy atom. The Balaban J connectivity index is 1.51. The van der Waals surface area contributed by atoms with Crippen LogP contribution in [0.2, 0.25) is 0 Å². The van der Waals surface area contributed by atoms with Crippen molar-refractivity contribution in [1.29, 1.82) is 0 Å². The van der Waals surface area contributed by atoms with Gasteiger partial charge in [0.15, 0.2) is 11.5 Å². The summed E-state index contributed by atoms with van der Waals surface area (Å²) in [6.07, 6.45) is 0. The summed E-state index contributed by atoms with van der Waals surface area (Å²) >= 11 is 1.52. The Labute approximate surface area is 213 Å². The summed E-state index contributed by atoms with van der Waals surface area (Å²) < 4.78 is 25.3. The first-order valence-electron chi connectivity index (χ1n) is 11.8. The molecule has 3 aromatic rings. The van der Waals surface area contributed by atoms with Crippen LogP contribution in [0.5, 0.6) is 11.5 Å². The number of halogens is 1. The molecule has 3 heterocycles. The largest absolute Gasteiger partial charge is 0.493 e. The topological polar surface area (TPSA) is 62.3 Å². The normalized spacial score (nSPS) is 19.8. The fourth-order valence-electron chi connectivity index (χ4n) is 5.20. The minimum atomic E-state index is -0.610. The number of piperazine rings is 1. The minimum Gasteiger partial charge on any atom is -0.493 e. The maximum absolute atomic E-state index is 14.3. The van der Waals surface area contributed by atoms with Gasteiger partial charge in [0.25, 0.3) is 5.91 Å². The number of rotatable bonds is 5. The van der Waals surface area contributed by atoms with E-state index in [4.69, 9.17) is 9.47 Å². The molecule has 2 atom stereocenters. The monoisotopic (exact) mass is 509 g/mol. The maximum Gasteiger partial charge on any atom is 0.254 e. The van der Waals surface area contributed by atoms with Gasteiger partial charge >= 0.3 is 0 Å². The summed E-state index contributed by atoms with van der Waals surface area (Å²) in [5.74, 6) is -0.191. The van der Waals surface area contributed by atoms with Crippen molar-refractivity contribution in [3.8, 4) is 11.5 Å². The van der Waals surface area contributed by atoms with E-state index in [1.54, 1.807) is 36.2 Å². The van der Waals surface area contributed by atoms with Gasteiger partial charge in [-0.3, -0.25) is 9.59 Å². The van der Waals surface area contributed by atoms with Crippen molar-refractivity contribution >= 4 is 28.8 Å². The zero-order valence-corrected chi connectivity index (χ0v) is 21.3. The number of nitrogens with zero attached hydrogens (tertiary/aromatic N) is 3. The molecular formula is C27H28FN3O4S. The van der Waals surface area contributed by atoms with Crippen molar-refractivity contribution in [2.24, 2.45) is 0 Å².